The van der Waals surface area contributed by atoms with Crippen molar-refractivity contribution in [3.8, 4) is 5.75 Å². The predicted octanol–water partition coefficient (Wildman–Crippen LogP) is 1.46. The lowest BCUT2D eigenvalue weighted by Gasteiger charge is -2.03. The number of hydrogen-bond acceptors (Lipinski definition) is 4. The first-order valence-corrected chi connectivity index (χ1v) is 4.29. The predicted molar refractivity (Wildman–Crippen MR) is 50.7 cm³/mol. The molecule has 0 spiro atoms. The third kappa shape index (κ3) is 2.66. The Morgan fingerprint density at radius 1 is 1.50 bits per heavy atom. The minimum absolute atomic E-state index is 0.0888. The summed E-state index contributed by atoms with van der Waals surface area (Å²) in [5.74, 6) is -3.01. The number of non-ortho nitro benzene ring substituents is 1. The van der Waals surface area contributed by atoms with Crippen LogP contribution in [0, 0.1) is 15.9 Å². The molecule has 0 amide bonds. The van der Waals surface area contributed by atoms with Crippen LogP contribution in [0.2, 0.25) is 0 Å². The van der Waals surface area contributed by atoms with Crippen LogP contribution in [0.5, 0.6) is 5.75 Å². The zero-order valence-electron chi connectivity index (χ0n) is 8.01. The van der Waals surface area contributed by atoms with E-state index >= 15 is 0 Å². The first kappa shape index (κ1) is 11.9. The van der Waals surface area contributed by atoms with Crippen molar-refractivity contribution in [1.82, 2.24) is 0 Å². The van der Waals surface area contributed by atoms with Crippen molar-refractivity contribution in [2.75, 3.05) is 0 Å². The van der Waals surface area contributed by atoms with Crippen LogP contribution in [0.1, 0.15) is 12.0 Å². The molecule has 0 heterocycles. The number of phenols is 1. The molecule has 6 nitrogen and oxygen atoms in total. The van der Waals surface area contributed by atoms with Gasteiger partial charge in [-0.05, 0) is 6.42 Å². The monoisotopic (exact) mass is 229 g/mol. The second-order valence-corrected chi connectivity index (χ2v) is 3.09. The van der Waals surface area contributed by atoms with E-state index in [-0.39, 0.29) is 18.4 Å². The molecular weight excluding hydrogens is 221 g/mol. The third-order valence-electron chi connectivity index (χ3n) is 1.95. The Kier molecular flexibility index (Phi) is 3.39. The van der Waals surface area contributed by atoms with Gasteiger partial charge in [0.05, 0.1) is 11.0 Å². The van der Waals surface area contributed by atoms with E-state index in [9.17, 15) is 24.4 Å². The molecule has 0 aromatic heterocycles. The van der Waals surface area contributed by atoms with Crippen molar-refractivity contribution >= 4 is 11.7 Å². The molecule has 0 bridgehead atoms. The maximum Gasteiger partial charge on any atom is 0.303 e. The molecule has 2 N–H and O–H groups in total. The standard InChI is InChI=1S/C9H8FNO5/c10-7-4-6(11(15)16)3-5(9(7)14)1-2-8(12)13/h3-4,14H,1-2H2,(H,12,13). The second-order valence-electron chi connectivity index (χ2n) is 3.09. The van der Waals surface area contributed by atoms with Gasteiger partial charge in [-0.25, -0.2) is 4.39 Å². The van der Waals surface area contributed by atoms with Crippen LogP contribution in [0.4, 0.5) is 10.1 Å². The summed E-state index contributed by atoms with van der Waals surface area (Å²) in [6.45, 7) is 0. The number of carboxylic acid groups (broad SMARTS) is 1. The quantitative estimate of drug-likeness (QED) is 0.601. The molecule has 0 aliphatic carbocycles. The molecule has 16 heavy (non-hydrogen) atoms. The third-order valence-corrected chi connectivity index (χ3v) is 1.95. The Labute approximate surface area is 89.1 Å². The summed E-state index contributed by atoms with van der Waals surface area (Å²) in [5.41, 5.74) is -0.607. The summed E-state index contributed by atoms with van der Waals surface area (Å²) < 4.78 is 13.0. The van der Waals surface area contributed by atoms with Gasteiger partial charge in [-0.3, -0.25) is 14.9 Å². The largest absolute Gasteiger partial charge is 0.505 e. The molecule has 0 fully saturated rings. The van der Waals surface area contributed by atoms with E-state index in [0.29, 0.717) is 6.07 Å². The highest BCUT2D eigenvalue weighted by Gasteiger charge is 2.16. The van der Waals surface area contributed by atoms with Crippen molar-refractivity contribution in [3.63, 3.8) is 0 Å². The Morgan fingerprint density at radius 2 is 2.12 bits per heavy atom. The average molecular weight is 229 g/mol. The fraction of sp³-hybridized carbons (Fsp3) is 0.222. The lowest BCUT2D eigenvalue weighted by Crippen LogP contribution is -2.00. The molecular formula is C9H8FNO5. The molecule has 0 saturated heterocycles. The van der Waals surface area contributed by atoms with E-state index < -0.39 is 28.1 Å². The number of rotatable bonds is 4. The molecule has 0 radical (unpaired) electrons. The Hall–Kier alpha value is -2.18. The molecule has 86 valence electrons. The van der Waals surface area contributed by atoms with Crippen LogP contribution >= 0.6 is 0 Å². The number of nitro groups is 1. The van der Waals surface area contributed by atoms with Gasteiger partial charge < -0.3 is 10.2 Å². The van der Waals surface area contributed by atoms with Gasteiger partial charge in [0.25, 0.3) is 5.69 Å². The molecule has 0 unspecified atom stereocenters. The lowest BCUT2D eigenvalue weighted by atomic mass is 10.1. The van der Waals surface area contributed by atoms with E-state index in [0.717, 1.165) is 6.07 Å². The van der Waals surface area contributed by atoms with Crippen molar-refractivity contribution in [3.05, 3.63) is 33.6 Å². The summed E-state index contributed by atoms with van der Waals surface area (Å²) in [6, 6.07) is 1.54. The van der Waals surface area contributed by atoms with Crippen LogP contribution < -0.4 is 0 Å². The molecule has 7 heteroatoms. The maximum atomic E-state index is 13.0. The minimum atomic E-state index is -1.13. The summed E-state index contributed by atoms with van der Waals surface area (Å²) in [4.78, 5) is 19.9. The number of phenolic OH excluding ortho intramolecular Hbond substituents is 1. The van der Waals surface area contributed by atoms with Crippen LogP contribution in [-0.4, -0.2) is 21.1 Å². The van der Waals surface area contributed by atoms with Crippen molar-refractivity contribution in [2.45, 2.75) is 12.8 Å². The number of nitro benzene ring substituents is 1. The van der Waals surface area contributed by atoms with Gasteiger partial charge in [-0.15, -0.1) is 0 Å². The number of aryl methyl sites for hydroxylation is 1. The van der Waals surface area contributed by atoms with Crippen LogP contribution in [-0.2, 0) is 11.2 Å². The van der Waals surface area contributed by atoms with Gasteiger partial charge in [0.2, 0.25) is 0 Å². The van der Waals surface area contributed by atoms with Crippen molar-refractivity contribution in [1.29, 1.82) is 0 Å². The number of aliphatic carboxylic acids is 1. The summed E-state index contributed by atoms with van der Waals surface area (Å²) >= 11 is 0. The molecule has 0 aliphatic heterocycles. The number of benzene rings is 1. The molecule has 0 aliphatic rings. The minimum Gasteiger partial charge on any atom is -0.505 e. The smallest absolute Gasteiger partial charge is 0.303 e. The van der Waals surface area contributed by atoms with E-state index in [1.54, 1.807) is 0 Å². The first-order valence-electron chi connectivity index (χ1n) is 4.29. The first-order chi connectivity index (χ1) is 7.41. The SMILES string of the molecule is O=C(O)CCc1cc([N+](=O)[O-])cc(F)c1O. The van der Waals surface area contributed by atoms with Crippen LogP contribution in [0.3, 0.4) is 0 Å². The molecule has 0 saturated carbocycles. The van der Waals surface area contributed by atoms with E-state index in [1.807, 2.05) is 0 Å². The van der Waals surface area contributed by atoms with Crippen LogP contribution in [0.15, 0.2) is 12.1 Å². The summed E-state index contributed by atoms with van der Waals surface area (Å²) in [7, 11) is 0. The summed E-state index contributed by atoms with van der Waals surface area (Å²) in [5, 5.41) is 28.0. The number of hydrogen-bond donors (Lipinski definition) is 2. The van der Waals surface area contributed by atoms with Crippen molar-refractivity contribution < 1.29 is 24.3 Å². The number of nitrogens with zero attached hydrogens (tertiary/aromatic N) is 1. The van der Waals surface area contributed by atoms with Gasteiger partial charge in [0, 0.05) is 18.1 Å². The highest BCUT2D eigenvalue weighted by Crippen LogP contribution is 2.27. The van der Waals surface area contributed by atoms with E-state index in [2.05, 4.69) is 0 Å². The zero-order valence-corrected chi connectivity index (χ0v) is 8.01. The fourth-order valence-corrected chi connectivity index (χ4v) is 1.18. The molecule has 0 atom stereocenters. The Morgan fingerprint density at radius 3 is 2.62 bits per heavy atom. The fourth-order valence-electron chi connectivity index (χ4n) is 1.18. The number of carbonyl (C=O) groups is 1. The zero-order chi connectivity index (χ0) is 12.3. The lowest BCUT2D eigenvalue weighted by molar-refractivity contribution is -0.385. The van der Waals surface area contributed by atoms with Gasteiger partial charge in [0.1, 0.15) is 0 Å². The number of carboxylic acids is 1. The van der Waals surface area contributed by atoms with Gasteiger partial charge in [-0.1, -0.05) is 0 Å². The topological polar surface area (TPSA) is 101 Å². The average Bonchev–Trinajstić information content (AvgIpc) is 2.19. The molecule has 1 aromatic carbocycles. The Bertz CT molecular complexity index is 446. The van der Waals surface area contributed by atoms with Gasteiger partial charge in [-0.2, -0.15) is 0 Å². The second kappa shape index (κ2) is 4.56. The molecule has 1 aromatic rings. The van der Waals surface area contributed by atoms with E-state index in [1.165, 1.54) is 0 Å². The highest BCUT2D eigenvalue weighted by atomic mass is 19.1. The Balaban J connectivity index is 3.06. The normalized spacial score (nSPS) is 10.1. The van der Waals surface area contributed by atoms with Gasteiger partial charge >= 0.3 is 5.97 Å². The van der Waals surface area contributed by atoms with Crippen molar-refractivity contribution in [2.24, 2.45) is 0 Å². The maximum absolute atomic E-state index is 13.0. The molecule has 1 rings (SSSR count). The van der Waals surface area contributed by atoms with E-state index in [4.69, 9.17) is 5.11 Å². The highest BCUT2D eigenvalue weighted by molar-refractivity contribution is 5.67. The number of halogens is 1. The van der Waals surface area contributed by atoms with Gasteiger partial charge in [0.15, 0.2) is 11.6 Å². The number of aromatic hydroxyl groups is 1. The van der Waals surface area contributed by atoms with Crippen LogP contribution in [0.25, 0.3) is 0 Å². The summed E-state index contributed by atoms with van der Waals surface area (Å²) in [6.07, 6.45) is -0.506.